The Hall–Kier alpha value is -3.32. The predicted octanol–water partition coefficient (Wildman–Crippen LogP) is 4.86. The second kappa shape index (κ2) is 8.36. The summed E-state index contributed by atoms with van der Waals surface area (Å²) in [4.78, 5) is 12.4. The number of furan rings is 1. The molecule has 0 spiro atoms. The lowest BCUT2D eigenvalue weighted by molar-refractivity contribution is 0.102. The SMILES string of the molecule is C=CCn1c(SCC(=O)c2ccccc2)nnc1-c1cc2cccc(OC)c2o1. The molecule has 0 bridgehead atoms. The molecule has 2 heterocycles. The van der Waals surface area contributed by atoms with Crippen LogP contribution in [0.3, 0.4) is 0 Å². The topological polar surface area (TPSA) is 70.2 Å². The maximum Gasteiger partial charge on any atom is 0.200 e. The predicted molar refractivity (Wildman–Crippen MR) is 113 cm³/mol. The number of carbonyl (C=O) groups excluding carboxylic acids is 1. The highest BCUT2D eigenvalue weighted by atomic mass is 32.2. The normalized spacial score (nSPS) is 10.9. The summed E-state index contributed by atoms with van der Waals surface area (Å²) in [6.07, 6.45) is 1.76. The van der Waals surface area contributed by atoms with Crippen LogP contribution in [0.15, 0.2) is 76.8 Å². The lowest BCUT2D eigenvalue weighted by atomic mass is 10.2. The first-order valence-electron chi connectivity index (χ1n) is 9.03. The largest absolute Gasteiger partial charge is 0.493 e. The third kappa shape index (κ3) is 3.82. The van der Waals surface area contributed by atoms with Gasteiger partial charge in [0.25, 0.3) is 0 Å². The number of ether oxygens (including phenoxy) is 1. The second-order valence-electron chi connectivity index (χ2n) is 6.27. The smallest absolute Gasteiger partial charge is 0.200 e. The number of Topliss-reactive ketones (excluding diaryl/α,β-unsaturated/α-hetero) is 1. The number of hydrogen-bond donors (Lipinski definition) is 0. The van der Waals surface area contributed by atoms with Crippen molar-refractivity contribution in [1.82, 2.24) is 14.8 Å². The summed E-state index contributed by atoms with van der Waals surface area (Å²) in [5, 5.41) is 10.1. The van der Waals surface area contributed by atoms with Gasteiger partial charge in [-0.3, -0.25) is 9.36 Å². The Bertz CT molecular complexity index is 1160. The van der Waals surface area contributed by atoms with Crippen molar-refractivity contribution < 1.29 is 13.9 Å². The molecule has 0 N–H and O–H groups in total. The molecule has 2 aromatic heterocycles. The molecule has 0 aliphatic rings. The average Bonchev–Trinajstić information content (AvgIpc) is 3.36. The van der Waals surface area contributed by atoms with Gasteiger partial charge in [-0.05, 0) is 12.1 Å². The van der Waals surface area contributed by atoms with Crippen molar-refractivity contribution in [3.05, 3.63) is 72.8 Å². The summed E-state index contributed by atoms with van der Waals surface area (Å²) in [6.45, 7) is 4.32. The Kier molecular flexibility index (Phi) is 5.48. The van der Waals surface area contributed by atoms with Crippen molar-refractivity contribution in [2.24, 2.45) is 0 Å². The Morgan fingerprint density at radius 1 is 1.21 bits per heavy atom. The van der Waals surface area contributed by atoms with Crippen LogP contribution >= 0.6 is 11.8 Å². The first kappa shape index (κ1) is 19.0. The van der Waals surface area contributed by atoms with Crippen LogP contribution in [0.4, 0.5) is 0 Å². The summed E-state index contributed by atoms with van der Waals surface area (Å²) < 4.78 is 13.3. The Morgan fingerprint density at radius 3 is 2.79 bits per heavy atom. The minimum atomic E-state index is 0.0405. The molecule has 29 heavy (non-hydrogen) atoms. The van der Waals surface area contributed by atoms with E-state index in [-0.39, 0.29) is 11.5 Å². The summed E-state index contributed by atoms with van der Waals surface area (Å²) in [6, 6.07) is 16.8. The van der Waals surface area contributed by atoms with Gasteiger partial charge < -0.3 is 9.15 Å². The lowest BCUT2D eigenvalue weighted by Gasteiger charge is -2.06. The third-order valence-corrected chi connectivity index (χ3v) is 5.37. The van der Waals surface area contributed by atoms with Gasteiger partial charge in [-0.1, -0.05) is 60.3 Å². The van der Waals surface area contributed by atoms with Gasteiger partial charge in [-0.25, -0.2) is 0 Å². The second-order valence-corrected chi connectivity index (χ2v) is 7.22. The minimum Gasteiger partial charge on any atom is -0.493 e. The number of benzene rings is 2. The van der Waals surface area contributed by atoms with E-state index < -0.39 is 0 Å². The van der Waals surface area contributed by atoms with E-state index in [1.54, 1.807) is 13.2 Å². The van der Waals surface area contributed by atoms with Gasteiger partial charge in [0.05, 0.1) is 12.9 Å². The molecule has 6 nitrogen and oxygen atoms in total. The van der Waals surface area contributed by atoms with E-state index in [2.05, 4.69) is 16.8 Å². The van der Waals surface area contributed by atoms with Crippen molar-refractivity contribution in [1.29, 1.82) is 0 Å². The van der Waals surface area contributed by atoms with E-state index in [1.807, 2.05) is 59.2 Å². The summed E-state index contributed by atoms with van der Waals surface area (Å²) in [5.74, 6) is 2.14. The van der Waals surface area contributed by atoms with Gasteiger partial charge in [0, 0.05) is 17.5 Å². The van der Waals surface area contributed by atoms with Crippen LogP contribution in [0.5, 0.6) is 5.75 Å². The highest BCUT2D eigenvalue weighted by Gasteiger charge is 2.19. The van der Waals surface area contributed by atoms with E-state index in [0.29, 0.717) is 40.2 Å². The number of nitrogens with zero attached hydrogens (tertiary/aromatic N) is 3. The number of hydrogen-bond acceptors (Lipinski definition) is 6. The van der Waals surface area contributed by atoms with E-state index in [9.17, 15) is 4.79 Å². The standard InChI is InChI=1S/C22H19N3O3S/c1-3-12-25-21(19-13-16-10-7-11-18(27-2)20(16)28-19)23-24-22(25)29-14-17(26)15-8-5-4-6-9-15/h3-11,13H,1,12,14H2,2H3. The van der Waals surface area contributed by atoms with Crippen LogP contribution in [-0.2, 0) is 6.54 Å². The average molecular weight is 405 g/mol. The Balaban J connectivity index is 1.63. The number of fused-ring (bicyclic) bond motifs is 1. The molecule has 0 radical (unpaired) electrons. The van der Waals surface area contributed by atoms with Crippen molar-refractivity contribution in [2.45, 2.75) is 11.7 Å². The summed E-state index contributed by atoms with van der Waals surface area (Å²) in [7, 11) is 1.61. The number of carbonyl (C=O) groups is 1. The van der Waals surface area contributed by atoms with Gasteiger partial charge in [-0.2, -0.15) is 0 Å². The molecule has 0 unspecified atom stereocenters. The van der Waals surface area contributed by atoms with Gasteiger partial charge >= 0.3 is 0 Å². The molecule has 7 heteroatoms. The number of aromatic nitrogens is 3. The molecule has 4 aromatic rings. The van der Waals surface area contributed by atoms with Crippen molar-refractivity contribution >= 4 is 28.5 Å². The van der Waals surface area contributed by atoms with Gasteiger partial charge in [-0.15, -0.1) is 16.8 Å². The van der Waals surface area contributed by atoms with Crippen LogP contribution in [-0.4, -0.2) is 33.4 Å². The van der Waals surface area contributed by atoms with Gasteiger partial charge in [0.1, 0.15) is 0 Å². The van der Waals surface area contributed by atoms with Gasteiger partial charge in [0.15, 0.2) is 28.0 Å². The molecule has 0 atom stereocenters. The molecule has 0 saturated carbocycles. The molecule has 0 aliphatic heterocycles. The minimum absolute atomic E-state index is 0.0405. The van der Waals surface area contributed by atoms with Crippen molar-refractivity contribution in [3.8, 4) is 17.3 Å². The van der Waals surface area contributed by atoms with Crippen molar-refractivity contribution in [2.75, 3.05) is 12.9 Å². The molecular formula is C22H19N3O3S. The molecule has 146 valence electrons. The van der Waals surface area contributed by atoms with Crippen molar-refractivity contribution in [3.63, 3.8) is 0 Å². The molecule has 4 rings (SSSR count). The zero-order valence-corrected chi connectivity index (χ0v) is 16.7. The maximum atomic E-state index is 12.4. The maximum absolute atomic E-state index is 12.4. The zero-order chi connectivity index (χ0) is 20.2. The van der Waals surface area contributed by atoms with E-state index in [0.717, 1.165) is 5.39 Å². The first-order chi connectivity index (χ1) is 14.2. The van der Waals surface area contributed by atoms with Crippen LogP contribution in [0.25, 0.3) is 22.6 Å². The quantitative estimate of drug-likeness (QED) is 0.237. The number of thioether (sulfide) groups is 1. The molecule has 0 saturated heterocycles. The van der Waals surface area contributed by atoms with Gasteiger partial charge in [0.2, 0.25) is 5.82 Å². The fourth-order valence-electron chi connectivity index (χ4n) is 3.02. The summed E-state index contributed by atoms with van der Waals surface area (Å²) in [5.41, 5.74) is 1.34. The number of methoxy groups -OCH3 is 1. The Labute approximate surface area is 172 Å². The third-order valence-electron chi connectivity index (χ3n) is 4.40. The lowest BCUT2D eigenvalue weighted by Crippen LogP contribution is -2.05. The molecule has 0 fully saturated rings. The monoisotopic (exact) mass is 405 g/mol. The number of allylic oxidation sites excluding steroid dienone is 1. The highest BCUT2D eigenvalue weighted by molar-refractivity contribution is 7.99. The van der Waals surface area contributed by atoms with E-state index in [4.69, 9.17) is 9.15 Å². The fourth-order valence-corrected chi connectivity index (χ4v) is 3.86. The number of rotatable bonds is 8. The first-order valence-corrected chi connectivity index (χ1v) is 10.0. The fraction of sp³-hybridized carbons (Fsp3) is 0.136. The molecule has 2 aromatic carbocycles. The Morgan fingerprint density at radius 2 is 2.03 bits per heavy atom. The summed E-state index contributed by atoms with van der Waals surface area (Å²) >= 11 is 1.35. The van der Waals surface area contributed by atoms with E-state index in [1.165, 1.54) is 11.8 Å². The van der Waals surface area contributed by atoms with Crippen LogP contribution in [0.1, 0.15) is 10.4 Å². The van der Waals surface area contributed by atoms with Crippen LogP contribution in [0.2, 0.25) is 0 Å². The number of ketones is 1. The number of para-hydroxylation sites is 1. The van der Waals surface area contributed by atoms with Crippen LogP contribution in [0, 0.1) is 0 Å². The molecule has 0 aliphatic carbocycles. The van der Waals surface area contributed by atoms with E-state index >= 15 is 0 Å². The molecule has 0 amide bonds. The zero-order valence-electron chi connectivity index (χ0n) is 15.9. The molecular weight excluding hydrogens is 386 g/mol. The van der Waals surface area contributed by atoms with Crippen LogP contribution < -0.4 is 4.74 Å². The highest BCUT2D eigenvalue weighted by Crippen LogP contribution is 2.33.